The monoisotopic (exact) mass is 365 g/mol. The smallest absolute Gasteiger partial charge is 0.286 e. The molecule has 0 atom stereocenters. The summed E-state index contributed by atoms with van der Waals surface area (Å²) < 4.78 is 1.30. The summed E-state index contributed by atoms with van der Waals surface area (Å²) in [5, 5.41) is 10.2. The fourth-order valence-corrected chi connectivity index (χ4v) is 2.31. The fourth-order valence-electron chi connectivity index (χ4n) is 1.05. The number of nitrogens with one attached hydrogen (secondary N) is 1. The van der Waals surface area contributed by atoms with Crippen LogP contribution < -0.4 is 5.32 Å². The summed E-state index contributed by atoms with van der Waals surface area (Å²) in [4.78, 5) is 11.7. The summed E-state index contributed by atoms with van der Waals surface area (Å²) in [6.45, 7) is 0. The molecule has 82 valence electrons. The predicted octanol–water partition coefficient (Wildman–Crippen LogP) is 3.05. The van der Waals surface area contributed by atoms with Crippen molar-refractivity contribution in [3.8, 4) is 0 Å². The highest BCUT2D eigenvalue weighted by Gasteiger charge is 2.11. The van der Waals surface area contributed by atoms with Gasteiger partial charge in [0.15, 0.2) is 0 Å². The minimum Gasteiger partial charge on any atom is -0.320 e. The lowest BCUT2D eigenvalue weighted by Gasteiger charge is -2.02. The SMILES string of the molecule is O=C(Nc1cccc(I)c1)c1nnc(Cl)s1. The topological polar surface area (TPSA) is 54.9 Å². The van der Waals surface area contributed by atoms with Gasteiger partial charge in [-0.15, -0.1) is 10.2 Å². The molecule has 4 nitrogen and oxygen atoms in total. The Morgan fingerprint density at radius 2 is 2.25 bits per heavy atom. The van der Waals surface area contributed by atoms with Crippen molar-refractivity contribution in [1.29, 1.82) is 0 Å². The normalized spacial score (nSPS) is 10.1. The van der Waals surface area contributed by atoms with Gasteiger partial charge in [0.1, 0.15) is 0 Å². The van der Waals surface area contributed by atoms with Crippen LogP contribution in [0.1, 0.15) is 9.80 Å². The molecule has 1 heterocycles. The molecule has 0 bridgehead atoms. The molecule has 1 aromatic heterocycles. The van der Waals surface area contributed by atoms with Crippen LogP contribution in [0.5, 0.6) is 0 Å². The number of rotatable bonds is 2. The quantitative estimate of drug-likeness (QED) is 0.832. The number of carbonyl (C=O) groups excluding carboxylic acids is 1. The van der Waals surface area contributed by atoms with Crippen molar-refractivity contribution < 1.29 is 4.79 Å². The highest BCUT2D eigenvalue weighted by atomic mass is 127. The van der Waals surface area contributed by atoms with E-state index in [1.807, 2.05) is 24.3 Å². The maximum Gasteiger partial charge on any atom is 0.286 e. The van der Waals surface area contributed by atoms with Gasteiger partial charge in [0.05, 0.1) is 0 Å². The van der Waals surface area contributed by atoms with E-state index in [0.717, 1.165) is 20.6 Å². The van der Waals surface area contributed by atoms with Crippen molar-refractivity contribution in [2.24, 2.45) is 0 Å². The zero-order chi connectivity index (χ0) is 11.5. The second-order valence-electron chi connectivity index (χ2n) is 2.82. The van der Waals surface area contributed by atoms with Crippen molar-refractivity contribution >= 4 is 57.1 Å². The second-order valence-corrected chi connectivity index (χ2v) is 5.63. The molecule has 0 aliphatic rings. The number of anilines is 1. The number of nitrogens with zero attached hydrogens (tertiary/aromatic N) is 2. The van der Waals surface area contributed by atoms with Crippen LogP contribution in [0, 0.1) is 3.57 Å². The van der Waals surface area contributed by atoms with Crippen LogP contribution in [0.25, 0.3) is 0 Å². The van der Waals surface area contributed by atoms with Crippen molar-refractivity contribution in [1.82, 2.24) is 10.2 Å². The fraction of sp³-hybridized carbons (Fsp3) is 0. The summed E-state index contributed by atoms with van der Waals surface area (Å²) in [6.07, 6.45) is 0. The summed E-state index contributed by atoms with van der Waals surface area (Å²) >= 11 is 8.82. The molecule has 0 aliphatic carbocycles. The van der Waals surface area contributed by atoms with E-state index in [1.54, 1.807) is 0 Å². The Bertz CT molecular complexity index is 531. The second kappa shape index (κ2) is 5.07. The molecule has 1 N–H and O–H groups in total. The van der Waals surface area contributed by atoms with Crippen molar-refractivity contribution in [3.05, 3.63) is 37.3 Å². The van der Waals surface area contributed by atoms with E-state index in [2.05, 4.69) is 38.1 Å². The largest absolute Gasteiger partial charge is 0.320 e. The molecule has 16 heavy (non-hydrogen) atoms. The van der Waals surface area contributed by atoms with E-state index < -0.39 is 0 Å². The van der Waals surface area contributed by atoms with Gasteiger partial charge in [-0.2, -0.15) is 0 Å². The first-order valence-corrected chi connectivity index (χ1v) is 6.48. The molecular formula is C9H5ClIN3OS. The van der Waals surface area contributed by atoms with Crippen LogP contribution in [0.15, 0.2) is 24.3 Å². The zero-order valence-corrected chi connectivity index (χ0v) is 11.5. The third kappa shape index (κ3) is 2.89. The molecule has 0 saturated heterocycles. The maximum atomic E-state index is 11.7. The van der Waals surface area contributed by atoms with E-state index in [0.29, 0.717) is 0 Å². The van der Waals surface area contributed by atoms with Gasteiger partial charge in [-0.3, -0.25) is 4.79 Å². The maximum absolute atomic E-state index is 11.7. The number of carbonyl (C=O) groups is 1. The Morgan fingerprint density at radius 3 is 2.88 bits per heavy atom. The van der Waals surface area contributed by atoms with Gasteiger partial charge >= 0.3 is 0 Å². The zero-order valence-electron chi connectivity index (χ0n) is 7.78. The van der Waals surface area contributed by atoms with Crippen LogP contribution in [0.2, 0.25) is 4.47 Å². The molecule has 0 saturated carbocycles. The average molecular weight is 366 g/mol. The predicted molar refractivity (Wildman–Crippen MR) is 72.0 cm³/mol. The first kappa shape index (κ1) is 11.7. The molecule has 0 fully saturated rings. The molecule has 0 aliphatic heterocycles. The van der Waals surface area contributed by atoms with Gasteiger partial charge in [0.2, 0.25) is 9.47 Å². The van der Waals surface area contributed by atoms with E-state index in [4.69, 9.17) is 11.6 Å². The van der Waals surface area contributed by atoms with Crippen molar-refractivity contribution in [2.45, 2.75) is 0 Å². The summed E-state index contributed by atoms with van der Waals surface area (Å²) in [5.41, 5.74) is 0.725. The van der Waals surface area contributed by atoms with E-state index in [9.17, 15) is 4.79 Å². The lowest BCUT2D eigenvalue weighted by Crippen LogP contribution is -2.11. The lowest BCUT2D eigenvalue weighted by molar-refractivity contribution is 0.102. The third-order valence-electron chi connectivity index (χ3n) is 1.68. The first-order chi connectivity index (χ1) is 7.65. The number of hydrogen-bond donors (Lipinski definition) is 1. The first-order valence-electron chi connectivity index (χ1n) is 4.21. The van der Waals surface area contributed by atoms with Gasteiger partial charge in [-0.05, 0) is 52.4 Å². The molecule has 2 aromatic rings. The number of aromatic nitrogens is 2. The van der Waals surface area contributed by atoms with Gasteiger partial charge in [-0.1, -0.05) is 17.4 Å². The number of hydrogen-bond acceptors (Lipinski definition) is 4. The minimum absolute atomic E-state index is 0.254. The standard InChI is InChI=1S/C9H5ClIN3OS/c10-9-14-13-8(16-9)7(15)12-6-3-1-2-5(11)4-6/h1-4H,(H,12,15). The molecular weight excluding hydrogens is 361 g/mol. The number of amides is 1. The van der Waals surface area contributed by atoms with Gasteiger partial charge in [0, 0.05) is 9.26 Å². The molecule has 1 amide bonds. The van der Waals surface area contributed by atoms with Gasteiger partial charge < -0.3 is 5.32 Å². The van der Waals surface area contributed by atoms with Crippen molar-refractivity contribution in [2.75, 3.05) is 5.32 Å². The minimum atomic E-state index is -0.300. The molecule has 0 unspecified atom stereocenters. The Labute approximate surface area is 114 Å². The van der Waals surface area contributed by atoms with Gasteiger partial charge in [-0.25, -0.2) is 0 Å². The van der Waals surface area contributed by atoms with Crippen molar-refractivity contribution in [3.63, 3.8) is 0 Å². The highest BCUT2D eigenvalue weighted by Crippen LogP contribution is 2.17. The van der Waals surface area contributed by atoms with E-state index in [-0.39, 0.29) is 15.4 Å². The van der Waals surface area contributed by atoms with Crippen LogP contribution in [-0.2, 0) is 0 Å². The number of halogens is 2. The average Bonchev–Trinajstić information content (AvgIpc) is 2.65. The molecule has 0 radical (unpaired) electrons. The van der Waals surface area contributed by atoms with E-state index in [1.165, 1.54) is 0 Å². The Kier molecular flexibility index (Phi) is 3.72. The van der Waals surface area contributed by atoms with E-state index >= 15 is 0 Å². The third-order valence-corrected chi connectivity index (χ3v) is 3.37. The Morgan fingerprint density at radius 1 is 1.44 bits per heavy atom. The molecule has 7 heteroatoms. The van der Waals surface area contributed by atoms with Crippen LogP contribution in [-0.4, -0.2) is 16.1 Å². The highest BCUT2D eigenvalue weighted by molar-refractivity contribution is 14.1. The van der Waals surface area contributed by atoms with Crippen LogP contribution >= 0.6 is 45.5 Å². The Balaban J connectivity index is 2.13. The lowest BCUT2D eigenvalue weighted by atomic mass is 10.3. The van der Waals surface area contributed by atoms with Crippen LogP contribution in [0.3, 0.4) is 0 Å². The van der Waals surface area contributed by atoms with Crippen LogP contribution in [0.4, 0.5) is 5.69 Å². The Hall–Kier alpha value is -0.730. The molecule has 1 aromatic carbocycles. The summed E-state index contributed by atoms with van der Waals surface area (Å²) in [7, 11) is 0. The summed E-state index contributed by atoms with van der Waals surface area (Å²) in [6, 6.07) is 7.48. The molecule has 0 spiro atoms. The number of benzene rings is 1. The van der Waals surface area contributed by atoms with Gasteiger partial charge in [0.25, 0.3) is 5.91 Å². The molecule has 2 rings (SSSR count). The summed E-state index contributed by atoms with van der Waals surface area (Å²) in [5.74, 6) is -0.300.